The molecule has 10 aromatic rings. The zero-order valence-corrected chi connectivity index (χ0v) is 88.0. The number of hydrogen-bond donors (Lipinski definition) is 0. The van der Waals surface area contributed by atoms with E-state index in [4.69, 9.17) is 0 Å². The smallest absolute Gasteiger partial charge is 0.131 e. The molecule has 10 aromatic heterocycles. The highest BCUT2D eigenvalue weighted by atomic mass is 15.1. The lowest BCUT2D eigenvalue weighted by Gasteiger charge is -2.16. The molecule has 16 nitrogen and oxygen atoms in total. The average Bonchev–Trinajstić information content (AvgIpc) is 0.813. The van der Waals surface area contributed by atoms with Crippen LogP contribution in [0, 0.1) is 228 Å². The van der Waals surface area contributed by atoms with Crippen LogP contribution >= 0.6 is 0 Å². The van der Waals surface area contributed by atoms with E-state index in [1.165, 1.54) is 140 Å². The summed E-state index contributed by atoms with van der Waals surface area (Å²) < 4.78 is 0. The summed E-state index contributed by atoms with van der Waals surface area (Å²) in [5.41, 5.74) is 49.6. The Morgan fingerprint density at radius 3 is 0.829 bits per heavy atom. The topological polar surface area (TPSA) is 206 Å². The first-order chi connectivity index (χ1) is 56.5. The fourth-order valence-corrected chi connectivity index (χ4v) is 15.4. The summed E-state index contributed by atoms with van der Waals surface area (Å²) in [6.45, 7) is 112. The van der Waals surface area contributed by atoms with E-state index >= 15 is 0 Å². The normalized spacial score (nSPS) is 10.9. The number of pyridine rings is 4. The summed E-state index contributed by atoms with van der Waals surface area (Å²) in [5, 5.41) is 16.5. The second-order valence-electron chi connectivity index (χ2n) is 37.3. The van der Waals surface area contributed by atoms with Crippen LogP contribution in [0.5, 0.6) is 0 Å². The van der Waals surface area contributed by atoms with Crippen molar-refractivity contribution in [2.75, 3.05) is 0 Å². The van der Waals surface area contributed by atoms with Crippen molar-refractivity contribution >= 4 is 0 Å². The van der Waals surface area contributed by atoms with Crippen molar-refractivity contribution in [3.05, 3.63) is 249 Å². The molecular weight excluding hydrogens is 1510 g/mol. The predicted molar refractivity (Wildman–Crippen MR) is 526 cm³/mol. The van der Waals surface area contributed by atoms with Crippen molar-refractivity contribution in [3.63, 3.8) is 0 Å². The minimum Gasteiger partial charge on any atom is -0.258 e. The standard InChI is InChI=1S/3C12H19N.C11H17N.6C10H16N2/c1-7(2)12-8(3)10(5)13-11(6)9(12)4;1-7(2)12-9(4)8(3)10(5)13-11(12)6;1-7(2)12-10(5)8(3)9(4)11(6)13-12;1-7(2)11-8(3)6-9(4)12-10(11)5;2*1-6(2)10-9(5)11-7(3)8(4)12-10;1-6(2)10-7(3)8(4)11-9(5)12-10;1-6(2)10-7(3)8(4)11-12-9(10)5;1-6(2)10-11-8(4)7(3)9(5)12-10;1-6(2)10-8(4)7(3)9(5)11-12-10/h3*7H,1-6H3;6-7H,1-5H3;6*6H,1-5H3. The van der Waals surface area contributed by atoms with E-state index in [0.717, 1.165) is 103 Å². The molecule has 0 aliphatic rings. The molecule has 0 radical (unpaired) electrons. The molecule has 0 amide bonds. The molecule has 16 heteroatoms. The van der Waals surface area contributed by atoms with Gasteiger partial charge in [-0.3, -0.25) is 39.9 Å². The van der Waals surface area contributed by atoms with Gasteiger partial charge >= 0.3 is 0 Å². The van der Waals surface area contributed by atoms with E-state index in [9.17, 15) is 0 Å². The van der Waals surface area contributed by atoms with Crippen molar-refractivity contribution in [2.45, 2.75) is 426 Å². The molecule has 0 aliphatic heterocycles. The van der Waals surface area contributed by atoms with Gasteiger partial charge in [0.25, 0.3) is 0 Å². The van der Waals surface area contributed by atoms with Crippen LogP contribution in [-0.4, -0.2) is 80.2 Å². The maximum atomic E-state index is 4.63. The highest BCUT2D eigenvalue weighted by Crippen LogP contribution is 2.31. The number of aryl methyl sites for hydroxylation is 21. The Balaban J connectivity index is 0.000000683. The van der Waals surface area contributed by atoms with E-state index < -0.39 is 0 Å². The number of aromatic nitrogens is 16. The van der Waals surface area contributed by atoms with Crippen LogP contribution in [0.15, 0.2) is 6.07 Å². The molecular formula is C107H170N16. The zero-order chi connectivity index (χ0) is 95.6. The van der Waals surface area contributed by atoms with Crippen molar-refractivity contribution in [3.8, 4) is 0 Å². The molecule has 0 bridgehead atoms. The Morgan fingerprint density at radius 1 is 0.154 bits per heavy atom. The van der Waals surface area contributed by atoms with E-state index in [-0.39, 0.29) is 0 Å². The summed E-state index contributed by atoms with van der Waals surface area (Å²) in [4.78, 5) is 53.6. The van der Waals surface area contributed by atoms with Crippen molar-refractivity contribution in [1.29, 1.82) is 0 Å². The zero-order valence-electron chi connectivity index (χ0n) is 88.0. The first-order valence-electron chi connectivity index (χ1n) is 45.2. The predicted octanol–water partition coefficient (Wildman–Crippen LogP) is 28.6. The fraction of sp³-hybridized carbons (Fsp3) is 0.589. The van der Waals surface area contributed by atoms with Crippen LogP contribution in [0.2, 0.25) is 0 Å². The molecule has 10 rings (SSSR count). The van der Waals surface area contributed by atoms with E-state index in [0.29, 0.717) is 59.2 Å². The lowest BCUT2D eigenvalue weighted by Crippen LogP contribution is -2.03. The summed E-state index contributed by atoms with van der Waals surface area (Å²) in [5.74, 6) is 6.97. The van der Waals surface area contributed by atoms with Gasteiger partial charge < -0.3 is 0 Å². The van der Waals surface area contributed by atoms with Gasteiger partial charge in [-0.2, -0.15) is 20.4 Å². The molecule has 0 spiro atoms. The molecule has 0 atom stereocenters. The highest BCUT2D eigenvalue weighted by molar-refractivity contribution is 5.43. The lowest BCUT2D eigenvalue weighted by molar-refractivity contribution is 0.753. The molecule has 0 N–H and O–H groups in total. The summed E-state index contributed by atoms with van der Waals surface area (Å²) in [6.07, 6.45) is 0. The SMILES string of the molecule is Cc1cc(C)c(C(C)C)c(C)n1.Cc1nc(C(C)C)c(C)c(C)c1C.Cc1nc(C(C)C)nc(C)c1C.Cc1nc(C)c(C(C)C)c(C)c1C.Cc1nc(C)c(C(C)C)nc1C.Cc1nc(C)c(C(C)C)nc1C.Cc1nc(C)c(C)c(C(C)C)c1C.Cc1nc(C)c(C)c(C(C)C)n1.Cc1nnc(C(C)C)c(C)c1C.Cc1nnc(C)c(C(C)C)c1C. The van der Waals surface area contributed by atoms with Gasteiger partial charge in [-0.15, -0.1) is 0 Å². The van der Waals surface area contributed by atoms with Gasteiger partial charge in [0.1, 0.15) is 11.6 Å². The van der Waals surface area contributed by atoms with Gasteiger partial charge in [0.05, 0.1) is 68.3 Å². The van der Waals surface area contributed by atoms with Gasteiger partial charge in [0, 0.05) is 74.2 Å². The van der Waals surface area contributed by atoms with Gasteiger partial charge in [0.2, 0.25) is 0 Å². The third-order valence-electron chi connectivity index (χ3n) is 23.7. The summed E-state index contributed by atoms with van der Waals surface area (Å²) >= 11 is 0. The molecule has 0 unspecified atom stereocenters. The Bertz CT molecular complexity index is 4960. The van der Waals surface area contributed by atoms with Crippen LogP contribution in [0.4, 0.5) is 0 Å². The maximum absolute atomic E-state index is 4.63. The van der Waals surface area contributed by atoms with Gasteiger partial charge in [-0.05, 0) is 382 Å². The third kappa shape index (κ3) is 33.2. The molecule has 0 saturated heterocycles. The molecule has 0 fully saturated rings. The average molecular weight is 1680 g/mol. The second kappa shape index (κ2) is 50.9. The minimum absolute atomic E-state index is 0.419. The first kappa shape index (κ1) is 112. The van der Waals surface area contributed by atoms with Crippen molar-refractivity contribution < 1.29 is 0 Å². The molecule has 0 saturated carbocycles. The van der Waals surface area contributed by atoms with Crippen LogP contribution in [0.1, 0.15) is 441 Å². The van der Waals surface area contributed by atoms with Gasteiger partial charge in [-0.1, -0.05) is 138 Å². The summed E-state index contributed by atoms with van der Waals surface area (Å²) in [7, 11) is 0. The highest BCUT2D eigenvalue weighted by Gasteiger charge is 2.19. The lowest BCUT2D eigenvalue weighted by atomic mass is 9.92. The monoisotopic (exact) mass is 1680 g/mol. The van der Waals surface area contributed by atoms with Crippen LogP contribution < -0.4 is 0 Å². The molecule has 10 heterocycles. The van der Waals surface area contributed by atoms with Crippen LogP contribution in [-0.2, 0) is 0 Å². The van der Waals surface area contributed by atoms with Gasteiger partial charge in [0.15, 0.2) is 0 Å². The quantitative estimate of drug-likeness (QED) is 0.125. The molecule has 123 heavy (non-hydrogen) atoms. The van der Waals surface area contributed by atoms with Crippen molar-refractivity contribution in [1.82, 2.24) is 80.2 Å². The Hall–Kier alpha value is -8.92. The van der Waals surface area contributed by atoms with E-state index in [2.05, 4.69) is 356 Å². The van der Waals surface area contributed by atoms with E-state index in [1.807, 2.05) is 96.9 Å². The summed E-state index contributed by atoms with van der Waals surface area (Å²) in [6, 6.07) is 2.16. The molecule has 0 aliphatic carbocycles. The van der Waals surface area contributed by atoms with Crippen LogP contribution in [0.25, 0.3) is 0 Å². The fourth-order valence-electron chi connectivity index (χ4n) is 15.4. The van der Waals surface area contributed by atoms with Gasteiger partial charge in [-0.25, -0.2) is 19.9 Å². The molecule has 0 aromatic carbocycles. The second-order valence-corrected chi connectivity index (χ2v) is 37.3. The third-order valence-corrected chi connectivity index (χ3v) is 23.7. The Labute approximate surface area is 750 Å². The Kier molecular flexibility index (Phi) is 46.4. The largest absolute Gasteiger partial charge is 0.258 e. The minimum atomic E-state index is 0.419. The van der Waals surface area contributed by atoms with E-state index in [1.54, 1.807) is 0 Å². The molecule has 678 valence electrons. The maximum Gasteiger partial charge on any atom is 0.131 e. The number of hydrogen-bond acceptors (Lipinski definition) is 16. The van der Waals surface area contributed by atoms with Crippen molar-refractivity contribution in [2.24, 2.45) is 0 Å². The number of nitrogens with zero attached hydrogens (tertiary/aromatic N) is 16. The van der Waals surface area contributed by atoms with Crippen LogP contribution in [0.3, 0.4) is 0 Å². The number of rotatable bonds is 10. The Morgan fingerprint density at radius 2 is 0.439 bits per heavy atom. The first-order valence-corrected chi connectivity index (χ1v) is 45.2.